The summed E-state index contributed by atoms with van der Waals surface area (Å²) in [5.74, 6) is 1.09. The number of amides is 1. The van der Waals surface area contributed by atoms with Crippen LogP contribution in [0.5, 0.6) is 5.75 Å². The number of hydrogen-bond donors (Lipinski definition) is 1. The highest BCUT2D eigenvalue weighted by Gasteiger charge is 2.12. The number of benzene rings is 1. The minimum absolute atomic E-state index is 0.0742. The van der Waals surface area contributed by atoms with E-state index in [2.05, 4.69) is 19.2 Å². The number of hydrogen-bond acceptors (Lipinski definition) is 2. The Bertz CT molecular complexity index is 448. The van der Waals surface area contributed by atoms with Crippen molar-refractivity contribution in [3.05, 3.63) is 28.8 Å². The average molecular weight is 312 g/mol. The summed E-state index contributed by atoms with van der Waals surface area (Å²) in [6, 6.07) is 5.16. The molecular formula is C17H26ClNO2. The van der Waals surface area contributed by atoms with Gasteiger partial charge in [-0.25, -0.2) is 0 Å². The highest BCUT2D eigenvalue weighted by molar-refractivity contribution is 6.32. The maximum Gasteiger partial charge on any atom is 0.251 e. The van der Waals surface area contributed by atoms with Crippen molar-refractivity contribution >= 4 is 17.5 Å². The van der Waals surface area contributed by atoms with Crippen LogP contribution in [0.15, 0.2) is 18.2 Å². The molecular weight excluding hydrogens is 286 g/mol. The Morgan fingerprint density at radius 1 is 1.33 bits per heavy atom. The zero-order valence-corrected chi connectivity index (χ0v) is 14.0. The van der Waals surface area contributed by atoms with Crippen LogP contribution in [0.3, 0.4) is 0 Å². The molecule has 0 saturated carbocycles. The quantitative estimate of drug-likeness (QED) is 0.718. The molecule has 21 heavy (non-hydrogen) atoms. The van der Waals surface area contributed by atoms with E-state index in [1.54, 1.807) is 18.2 Å². The molecule has 118 valence electrons. The highest BCUT2D eigenvalue weighted by atomic mass is 35.5. The molecule has 0 bridgehead atoms. The molecule has 0 unspecified atom stereocenters. The maximum atomic E-state index is 12.1. The molecule has 0 radical (unpaired) electrons. The third-order valence-corrected chi connectivity index (χ3v) is 3.88. The second-order valence-electron chi connectivity index (χ2n) is 5.20. The average Bonchev–Trinajstić information content (AvgIpc) is 2.49. The molecule has 0 spiro atoms. The normalized spacial score (nSPS) is 12.0. The van der Waals surface area contributed by atoms with Gasteiger partial charge in [0.25, 0.3) is 5.91 Å². The first-order valence-electron chi connectivity index (χ1n) is 7.82. The molecule has 1 atom stereocenters. The first kappa shape index (κ1) is 17.8. The number of ether oxygens (including phenoxy) is 1. The molecule has 0 fully saturated rings. The molecule has 1 rings (SSSR count). The van der Waals surface area contributed by atoms with Crippen molar-refractivity contribution in [3.8, 4) is 5.75 Å². The zero-order valence-electron chi connectivity index (χ0n) is 13.2. The predicted molar refractivity (Wildman–Crippen MR) is 88.3 cm³/mol. The first-order valence-corrected chi connectivity index (χ1v) is 8.20. The summed E-state index contributed by atoms with van der Waals surface area (Å²) in [5, 5.41) is 3.47. The topological polar surface area (TPSA) is 38.3 Å². The lowest BCUT2D eigenvalue weighted by molar-refractivity contribution is 0.0946. The summed E-state index contributed by atoms with van der Waals surface area (Å²) >= 11 is 6.11. The Kier molecular flexibility index (Phi) is 8.21. The molecule has 3 nitrogen and oxygen atoms in total. The monoisotopic (exact) mass is 311 g/mol. The van der Waals surface area contributed by atoms with Gasteiger partial charge in [0.2, 0.25) is 0 Å². The van der Waals surface area contributed by atoms with Gasteiger partial charge in [0, 0.05) is 12.1 Å². The van der Waals surface area contributed by atoms with E-state index in [4.69, 9.17) is 16.3 Å². The highest BCUT2D eigenvalue weighted by Crippen LogP contribution is 2.25. The Morgan fingerprint density at radius 3 is 2.67 bits per heavy atom. The number of carbonyl (C=O) groups is 1. The van der Waals surface area contributed by atoms with E-state index in [0.717, 1.165) is 19.4 Å². The van der Waals surface area contributed by atoms with Crippen LogP contribution in [0, 0.1) is 5.92 Å². The minimum Gasteiger partial charge on any atom is -0.492 e. The number of halogens is 1. The third kappa shape index (κ3) is 5.96. The largest absolute Gasteiger partial charge is 0.492 e. The van der Waals surface area contributed by atoms with Crippen molar-refractivity contribution in [2.45, 2.75) is 46.5 Å². The van der Waals surface area contributed by atoms with Crippen LogP contribution in [-0.4, -0.2) is 19.1 Å². The molecule has 4 heteroatoms. The molecule has 0 heterocycles. The van der Waals surface area contributed by atoms with Crippen molar-refractivity contribution in [2.75, 3.05) is 13.2 Å². The van der Waals surface area contributed by atoms with Gasteiger partial charge < -0.3 is 10.1 Å². The van der Waals surface area contributed by atoms with E-state index in [-0.39, 0.29) is 5.91 Å². The van der Waals surface area contributed by atoms with Gasteiger partial charge in [0.1, 0.15) is 5.75 Å². The second-order valence-corrected chi connectivity index (χ2v) is 5.61. The van der Waals surface area contributed by atoms with E-state index in [9.17, 15) is 4.79 Å². The lowest BCUT2D eigenvalue weighted by atomic mass is 9.99. The molecule has 1 N–H and O–H groups in total. The summed E-state index contributed by atoms with van der Waals surface area (Å²) in [7, 11) is 0. The summed E-state index contributed by atoms with van der Waals surface area (Å²) in [6.07, 6.45) is 4.66. The zero-order chi connectivity index (χ0) is 15.7. The van der Waals surface area contributed by atoms with E-state index in [1.165, 1.54) is 12.8 Å². The van der Waals surface area contributed by atoms with Gasteiger partial charge in [-0.1, -0.05) is 44.7 Å². The van der Waals surface area contributed by atoms with Gasteiger partial charge in [0.05, 0.1) is 11.6 Å². The fourth-order valence-electron chi connectivity index (χ4n) is 2.20. The van der Waals surface area contributed by atoms with E-state index in [0.29, 0.717) is 28.9 Å². The molecule has 0 aliphatic carbocycles. The van der Waals surface area contributed by atoms with E-state index in [1.807, 2.05) is 6.92 Å². The van der Waals surface area contributed by atoms with Crippen molar-refractivity contribution in [2.24, 2.45) is 5.92 Å². The standard InChI is InChI=1S/C17H26ClNO2/c1-4-7-8-13(5-2)12-19-17(20)14-9-10-16(21-6-3)15(18)11-14/h9-11,13H,4-8,12H2,1-3H3,(H,19,20)/t13-/m1/s1. The molecule has 0 aliphatic heterocycles. The van der Waals surface area contributed by atoms with Gasteiger partial charge >= 0.3 is 0 Å². The number of nitrogens with one attached hydrogen (secondary N) is 1. The van der Waals surface area contributed by atoms with Crippen molar-refractivity contribution in [1.29, 1.82) is 0 Å². The van der Waals surface area contributed by atoms with E-state index >= 15 is 0 Å². The Hall–Kier alpha value is -1.22. The summed E-state index contributed by atoms with van der Waals surface area (Å²) in [6.45, 7) is 7.53. The van der Waals surface area contributed by atoms with Gasteiger partial charge in [-0.05, 0) is 37.5 Å². The summed E-state index contributed by atoms with van der Waals surface area (Å²) < 4.78 is 5.37. The van der Waals surface area contributed by atoms with Crippen LogP contribution in [0.25, 0.3) is 0 Å². The van der Waals surface area contributed by atoms with Crippen molar-refractivity contribution < 1.29 is 9.53 Å². The van der Waals surface area contributed by atoms with E-state index < -0.39 is 0 Å². The number of carbonyl (C=O) groups excluding carboxylic acids is 1. The third-order valence-electron chi connectivity index (χ3n) is 3.59. The van der Waals surface area contributed by atoms with Crippen LogP contribution in [0.4, 0.5) is 0 Å². The van der Waals surface area contributed by atoms with Crippen molar-refractivity contribution in [3.63, 3.8) is 0 Å². The maximum absolute atomic E-state index is 12.1. The minimum atomic E-state index is -0.0742. The van der Waals surface area contributed by atoms with Gasteiger partial charge in [0.15, 0.2) is 0 Å². The van der Waals surface area contributed by atoms with Gasteiger partial charge in [-0.15, -0.1) is 0 Å². The molecule has 0 saturated heterocycles. The van der Waals surface area contributed by atoms with Crippen LogP contribution in [-0.2, 0) is 0 Å². The first-order chi connectivity index (χ1) is 10.1. The Morgan fingerprint density at radius 2 is 2.10 bits per heavy atom. The smallest absolute Gasteiger partial charge is 0.251 e. The number of rotatable bonds is 9. The SMILES string of the molecule is CCCC[C@@H](CC)CNC(=O)c1ccc(OCC)c(Cl)c1. The lowest BCUT2D eigenvalue weighted by Gasteiger charge is -2.15. The molecule has 1 aromatic carbocycles. The van der Waals surface area contributed by atoms with Gasteiger partial charge in [-0.3, -0.25) is 4.79 Å². The lowest BCUT2D eigenvalue weighted by Crippen LogP contribution is -2.29. The van der Waals surface area contributed by atoms with Crippen LogP contribution < -0.4 is 10.1 Å². The van der Waals surface area contributed by atoms with Crippen LogP contribution in [0.1, 0.15) is 56.8 Å². The molecule has 1 amide bonds. The Balaban J connectivity index is 2.57. The fraction of sp³-hybridized carbons (Fsp3) is 0.588. The summed E-state index contributed by atoms with van der Waals surface area (Å²) in [4.78, 5) is 12.1. The molecule has 0 aromatic heterocycles. The predicted octanol–water partition coefficient (Wildman–Crippen LogP) is 4.68. The summed E-state index contributed by atoms with van der Waals surface area (Å²) in [5.41, 5.74) is 0.578. The fourth-order valence-corrected chi connectivity index (χ4v) is 2.43. The second kappa shape index (κ2) is 9.67. The van der Waals surface area contributed by atoms with Crippen LogP contribution >= 0.6 is 11.6 Å². The van der Waals surface area contributed by atoms with Crippen LogP contribution in [0.2, 0.25) is 5.02 Å². The Labute approximate surface area is 133 Å². The number of unbranched alkanes of at least 4 members (excludes halogenated alkanes) is 1. The molecule has 0 aliphatic rings. The van der Waals surface area contributed by atoms with Gasteiger partial charge in [-0.2, -0.15) is 0 Å². The molecule has 1 aromatic rings. The van der Waals surface area contributed by atoms with Crippen molar-refractivity contribution in [1.82, 2.24) is 5.32 Å².